The van der Waals surface area contributed by atoms with Crippen molar-refractivity contribution in [3.8, 4) is 0 Å². The van der Waals surface area contributed by atoms with Gasteiger partial charge in [0.25, 0.3) is 0 Å². The molecule has 0 bridgehead atoms. The first-order chi connectivity index (χ1) is 10.8. The van der Waals surface area contributed by atoms with Crippen molar-refractivity contribution in [1.29, 1.82) is 0 Å². The summed E-state index contributed by atoms with van der Waals surface area (Å²) in [7, 11) is 0. The molecule has 1 fully saturated rings. The van der Waals surface area contributed by atoms with Gasteiger partial charge in [0.15, 0.2) is 12.2 Å². The van der Waals surface area contributed by atoms with Crippen molar-refractivity contribution < 1.29 is 33.3 Å². The zero-order valence-corrected chi connectivity index (χ0v) is 13.4. The number of nitrogens with zero attached hydrogens (tertiary/aromatic N) is 3. The van der Waals surface area contributed by atoms with Gasteiger partial charge in [0.1, 0.15) is 24.3 Å². The number of alkyl halides is 1. The molecule has 0 N–H and O–H groups in total. The lowest BCUT2D eigenvalue weighted by molar-refractivity contribution is -0.209. The van der Waals surface area contributed by atoms with E-state index in [9.17, 15) is 14.4 Å². The number of rotatable bonds is 5. The molecule has 3 unspecified atom stereocenters. The molecule has 5 atom stereocenters. The number of halogens is 1. The quantitative estimate of drug-likeness (QED) is 0.180. The minimum Gasteiger partial charge on any atom is -0.463 e. The minimum absolute atomic E-state index is 0.281. The summed E-state index contributed by atoms with van der Waals surface area (Å²) in [6.45, 7) is 3.19. The Bertz CT molecular complexity index is 523. The maximum absolute atomic E-state index is 11.3. The second-order valence-electron chi connectivity index (χ2n) is 4.67. The normalized spacial score (nSPS) is 29.8. The van der Waals surface area contributed by atoms with Crippen molar-refractivity contribution >= 4 is 29.5 Å². The predicted molar refractivity (Wildman–Crippen MR) is 75.2 cm³/mol. The molecular weight excluding hydrogens is 334 g/mol. The second-order valence-corrected chi connectivity index (χ2v) is 5.10. The molecule has 1 aliphatic rings. The van der Waals surface area contributed by atoms with Crippen LogP contribution in [0.4, 0.5) is 0 Å². The Morgan fingerprint density at radius 3 is 2.17 bits per heavy atom. The van der Waals surface area contributed by atoms with E-state index >= 15 is 0 Å². The molecule has 23 heavy (non-hydrogen) atoms. The molecule has 0 saturated carbocycles. The molecule has 11 heteroatoms. The predicted octanol–water partition coefficient (Wildman–Crippen LogP) is 1.06. The number of hydrogen-bond donors (Lipinski definition) is 0. The van der Waals surface area contributed by atoms with Gasteiger partial charge in [-0.25, -0.2) is 0 Å². The number of hydrogen-bond acceptors (Lipinski definition) is 8. The highest BCUT2D eigenvalue weighted by atomic mass is 35.5. The Labute approximate surface area is 136 Å². The minimum atomic E-state index is -1.18. The van der Waals surface area contributed by atoms with Crippen LogP contribution in [0.5, 0.6) is 0 Å². The van der Waals surface area contributed by atoms with Crippen LogP contribution in [0.25, 0.3) is 10.4 Å². The molecule has 10 nitrogen and oxygen atoms in total. The van der Waals surface area contributed by atoms with E-state index in [-0.39, 0.29) is 6.61 Å². The van der Waals surface area contributed by atoms with Gasteiger partial charge in [-0.1, -0.05) is 16.7 Å². The summed E-state index contributed by atoms with van der Waals surface area (Å²) >= 11 is 5.99. The molecule has 1 saturated heterocycles. The van der Waals surface area contributed by atoms with Crippen molar-refractivity contribution in [3.63, 3.8) is 0 Å². The van der Waals surface area contributed by atoms with E-state index in [4.69, 9.17) is 36.1 Å². The Hall–Kier alpha value is -2.03. The van der Waals surface area contributed by atoms with Crippen molar-refractivity contribution in [3.05, 3.63) is 10.4 Å². The Morgan fingerprint density at radius 2 is 1.70 bits per heavy atom. The molecule has 0 aromatic rings. The average Bonchev–Trinajstić information content (AvgIpc) is 2.42. The Balaban J connectivity index is 3.11. The summed E-state index contributed by atoms with van der Waals surface area (Å²) in [5.41, 5.74) is 7.46. The van der Waals surface area contributed by atoms with Crippen LogP contribution in [-0.2, 0) is 33.3 Å². The van der Waals surface area contributed by atoms with Crippen molar-refractivity contribution in [2.24, 2.45) is 5.11 Å². The second kappa shape index (κ2) is 8.56. The van der Waals surface area contributed by atoms with E-state index in [1.54, 1.807) is 0 Å². The number of carbonyl (C=O) groups is 3. The fraction of sp³-hybridized carbons (Fsp3) is 0.750. The highest BCUT2D eigenvalue weighted by Gasteiger charge is 2.49. The zero-order valence-electron chi connectivity index (χ0n) is 12.7. The third-order valence-corrected chi connectivity index (χ3v) is 3.20. The summed E-state index contributed by atoms with van der Waals surface area (Å²) in [5.74, 6) is -1.96. The third-order valence-electron chi connectivity index (χ3n) is 2.84. The Kier molecular flexibility index (Phi) is 7.08. The lowest BCUT2D eigenvalue weighted by Crippen LogP contribution is -2.59. The molecule has 1 aliphatic heterocycles. The van der Waals surface area contributed by atoms with Gasteiger partial charge >= 0.3 is 17.9 Å². The zero-order chi connectivity index (χ0) is 17.6. The highest BCUT2D eigenvalue weighted by Crippen LogP contribution is 2.30. The summed E-state index contributed by atoms with van der Waals surface area (Å²) in [6.07, 6.45) is -3.31. The van der Waals surface area contributed by atoms with Crippen LogP contribution in [-0.4, -0.2) is 54.4 Å². The molecule has 128 valence electrons. The van der Waals surface area contributed by atoms with Crippen LogP contribution < -0.4 is 0 Å². The van der Waals surface area contributed by atoms with Crippen LogP contribution in [0.2, 0.25) is 0 Å². The molecule has 0 radical (unpaired) electrons. The van der Waals surface area contributed by atoms with Gasteiger partial charge in [-0.3, -0.25) is 14.4 Å². The smallest absolute Gasteiger partial charge is 0.303 e. The summed E-state index contributed by atoms with van der Waals surface area (Å²) in [5, 5.41) is 3.43. The number of esters is 3. The molecule has 0 aliphatic carbocycles. The van der Waals surface area contributed by atoms with Crippen LogP contribution in [0.1, 0.15) is 20.8 Å². The van der Waals surface area contributed by atoms with Gasteiger partial charge < -0.3 is 18.9 Å². The first-order valence-electron chi connectivity index (χ1n) is 6.57. The standard InChI is InChI=1S/C12H16ClN3O7/c1-5(17)20-4-8-10(21-6(2)18)11(22-7(3)19)9(15-16-14)12(13)23-8/h8-12H,4H2,1-3H3/t8?,9?,10-,11?,12+/m0/s1. The molecule has 0 aromatic heterocycles. The van der Waals surface area contributed by atoms with E-state index in [1.165, 1.54) is 6.92 Å². The number of ether oxygens (including phenoxy) is 4. The third kappa shape index (κ3) is 5.59. The number of azide groups is 1. The molecule has 0 spiro atoms. The van der Waals surface area contributed by atoms with E-state index in [2.05, 4.69) is 10.0 Å². The largest absolute Gasteiger partial charge is 0.463 e. The molecule has 0 aromatic carbocycles. The van der Waals surface area contributed by atoms with Crippen molar-refractivity contribution in [2.75, 3.05) is 6.61 Å². The SMILES string of the molecule is CC(=O)OCC1O[C@@H](Cl)C(N=[N+]=[N-])C(OC(C)=O)[C@H]1OC(C)=O. The van der Waals surface area contributed by atoms with Gasteiger partial charge in [0.2, 0.25) is 0 Å². The molecular formula is C12H16ClN3O7. The van der Waals surface area contributed by atoms with Crippen molar-refractivity contribution in [2.45, 2.75) is 50.7 Å². The first-order valence-corrected chi connectivity index (χ1v) is 7.01. The van der Waals surface area contributed by atoms with Crippen LogP contribution >= 0.6 is 11.6 Å². The van der Waals surface area contributed by atoms with Crippen LogP contribution in [0, 0.1) is 0 Å². The molecule has 1 heterocycles. The maximum Gasteiger partial charge on any atom is 0.303 e. The van der Waals surface area contributed by atoms with E-state index in [0.717, 1.165) is 13.8 Å². The van der Waals surface area contributed by atoms with Crippen LogP contribution in [0.15, 0.2) is 5.11 Å². The topological polar surface area (TPSA) is 137 Å². The van der Waals surface area contributed by atoms with Gasteiger partial charge in [-0.05, 0) is 5.53 Å². The van der Waals surface area contributed by atoms with Gasteiger partial charge in [-0.2, -0.15) is 0 Å². The first kappa shape index (κ1) is 19.0. The fourth-order valence-corrected chi connectivity index (χ4v) is 2.38. The van der Waals surface area contributed by atoms with Crippen LogP contribution in [0.3, 0.4) is 0 Å². The van der Waals surface area contributed by atoms with Gasteiger partial charge in [-0.15, -0.1) is 0 Å². The lowest BCUT2D eigenvalue weighted by atomic mass is 9.98. The summed E-state index contributed by atoms with van der Waals surface area (Å²) in [6, 6.07) is -1.12. The maximum atomic E-state index is 11.3. The van der Waals surface area contributed by atoms with Gasteiger partial charge in [0, 0.05) is 25.7 Å². The summed E-state index contributed by atoms with van der Waals surface area (Å²) < 4.78 is 20.4. The van der Waals surface area contributed by atoms with Crippen molar-refractivity contribution in [1.82, 2.24) is 0 Å². The summed E-state index contributed by atoms with van der Waals surface area (Å²) in [4.78, 5) is 36.2. The molecule has 1 rings (SSSR count). The molecule has 0 amide bonds. The highest BCUT2D eigenvalue weighted by molar-refractivity contribution is 6.20. The van der Waals surface area contributed by atoms with E-state index < -0.39 is 47.8 Å². The van der Waals surface area contributed by atoms with E-state index in [0.29, 0.717) is 0 Å². The Morgan fingerprint density at radius 1 is 1.13 bits per heavy atom. The fourth-order valence-electron chi connectivity index (χ4n) is 2.05. The average molecular weight is 350 g/mol. The monoisotopic (exact) mass is 349 g/mol. The van der Waals surface area contributed by atoms with E-state index in [1.807, 2.05) is 0 Å². The van der Waals surface area contributed by atoms with Gasteiger partial charge in [0.05, 0.1) is 0 Å². The lowest BCUT2D eigenvalue weighted by Gasteiger charge is -2.41. The number of carbonyl (C=O) groups excluding carboxylic acids is 3.